The summed E-state index contributed by atoms with van der Waals surface area (Å²) >= 11 is 0. The van der Waals surface area contributed by atoms with Crippen molar-refractivity contribution in [1.82, 2.24) is 4.98 Å². The van der Waals surface area contributed by atoms with E-state index < -0.39 is 39.4 Å². The zero-order valence-electron chi connectivity index (χ0n) is 10.3. The van der Waals surface area contributed by atoms with Crippen molar-refractivity contribution in [2.24, 2.45) is 0 Å². The number of nitrogen functional groups attached to an aromatic ring is 1. The molecule has 1 heterocycles. The summed E-state index contributed by atoms with van der Waals surface area (Å²) in [5, 5.41) is 12.9. The minimum absolute atomic E-state index is 0.207. The second-order valence-electron chi connectivity index (χ2n) is 3.95. The third kappa shape index (κ3) is 2.91. The molecule has 0 aliphatic heterocycles. The Hall–Kier alpha value is -3.10. The van der Waals surface area contributed by atoms with Crippen LogP contribution < -0.4 is 11.1 Å². The van der Waals surface area contributed by atoms with Gasteiger partial charge in [0.2, 0.25) is 0 Å². The number of carbonyl (C=O) groups excluding carboxylic acids is 1. The molecule has 0 fully saturated rings. The average Bonchev–Trinajstić information content (AvgIpc) is 2.43. The fourth-order valence-electron chi connectivity index (χ4n) is 1.61. The standard InChI is InChI=1S/C12H8F2N4O3/c13-6-3-7(11(15)10(4-6)18(20)21)12(19)17-9-1-2-16-5-8(9)14/h1-5H,15H2,(H,16,17,19). The zero-order chi connectivity index (χ0) is 15.6. The lowest BCUT2D eigenvalue weighted by atomic mass is 10.1. The first-order chi connectivity index (χ1) is 9.90. The lowest BCUT2D eigenvalue weighted by Gasteiger charge is -2.08. The van der Waals surface area contributed by atoms with Gasteiger partial charge in [0.05, 0.1) is 28.4 Å². The third-order valence-corrected chi connectivity index (χ3v) is 2.58. The number of nitro benzene ring substituents is 1. The molecule has 0 radical (unpaired) electrons. The number of anilines is 2. The Morgan fingerprint density at radius 2 is 2.10 bits per heavy atom. The van der Waals surface area contributed by atoms with E-state index in [1.54, 1.807) is 0 Å². The van der Waals surface area contributed by atoms with Crippen molar-refractivity contribution in [2.75, 3.05) is 11.1 Å². The lowest BCUT2D eigenvalue weighted by Crippen LogP contribution is -2.16. The molecule has 0 saturated carbocycles. The molecular weight excluding hydrogens is 286 g/mol. The average molecular weight is 294 g/mol. The van der Waals surface area contributed by atoms with Crippen LogP contribution in [0.25, 0.3) is 0 Å². The van der Waals surface area contributed by atoms with Crippen LogP contribution in [0, 0.1) is 21.7 Å². The minimum atomic E-state index is -1.00. The molecule has 108 valence electrons. The van der Waals surface area contributed by atoms with E-state index >= 15 is 0 Å². The Bertz CT molecular complexity index is 736. The van der Waals surface area contributed by atoms with Gasteiger partial charge in [-0.05, 0) is 12.1 Å². The molecule has 0 aliphatic carbocycles. The Morgan fingerprint density at radius 1 is 1.38 bits per heavy atom. The summed E-state index contributed by atoms with van der Waals surface area (Å²) in [6, 6.07) is 2.51. The first kappa shape index (κ1) is 14.3. The van der Waals surface area contributed by atoms with Crippen LogP contribution in [0.2, 0.25) is 0 Å². The maximum atomic E-state index is 13.4. The van der Waals surface area contributed by atoms with Crippen LogP contribution in [0.3, 0.4) is 0 Å². The number of halogens is 2. The number of pyridine rings is 1. The molecule has 1 aromatic carbocycles. The van der Waals surface area contributed by atoms with Crippen LogP contribution in [-0.4, -0.2) is 15.8 Å². The number of nitrogens with one attached hydrogen (secondary N) is 1. The molecule has 0 spiro atoms. The number of nitrogens with zero attached hydrogens (tertiary/aromatic N) is 2. The van der Waals surface area contributed by atoms with Crippen molar-refractivity contribution in [3.05, 3.63) is 57.9 Å². The highest BCUT2D eigenvalue weighted by Crippen LogP contribution is 2.27. The summed E-state index contributed by atoms with van der Waals surface area (Å²) in [7, 11) is 0. The van der Waals surface area contributed by atoms with Gasteiger partial charge in [0.15, 0.2) is 5.82 Å². The van der Waals surface area contributed by atoms with Gasteiger partial charge in [0.25, 0.3) is 11.6 Å². The Morgan fingerprint density at radius 3 is 2.71 bits per heavy atom. The van der Waals surface area contributed by atoms with Crippen LogP contribution in [0.15, 0.2) is 30.6 Å². The van der Waals surface area contributed by atoms with Gasteiger partial charge >= 0.3 is 0 Å². The van der Waals surface area contributed by atoms with Crippen molar-refractivity contribution >= 4 is 23.0 Å². The molecule has 7 nitrogen and oxygen atoms in total. The Labute approximate surface area is 116 Å². The number of nitro groups is 1. The minimum Gasteiger partial charge on any atom is -0.393 e. The molecule has 3 N–H and O–H groups in total. The second-order valence-corrected chi connectivity index (χ2v) is 3.95. The molecule has 0 atom stereocenters. The van der Waals surface area contributed by atoms with Gasteiger partial charge in [0, 0.05) is 6.20 Å². The van der Waals surface area contributed by atoms with Crippen molar-refractivity contribution < 1.29 is 18.5 Å². The summed E-state index contributed by atoms with van der Waals surface area (Å²) in [5.74, 6) is -2.79. The smallest absolute Gasteiger partial charge is 0.295 e. The normalized spacial score (nSPS) is 10.2. The first-order valence-electron chi connectivity index (χ1n) is 5.54. The van der Waals surface area contributed by atoms with E-state index in [2.05, 4.69) is 10.3 Å². The molecule has 1 aromatic heterocycles. The van der Waals surface area contributed by atoms with Crippen molar-refractivity contribution in [3.8, 4) is 0 Å². The van der Waals surface area contributed by atoms with Crippen molar-refractivity contribution in [2.45, 2.75) is 0 Å². The molecular formula is C12H8F2N4O3. The highest BCUT2D eigenvalue weighted by Gasteiger charge is 2.22. The number of carbonyl (C=O) groups is 1. The topological polar surface area (TPSA) is 111 Å². The van der Waals surface area contributed by atoms with E-state index in [9.17, 15) is 23.7 Å². The van der Waals surface area contributed by atoms with Gasteiger partial charge in [-0.15, -0.1) is 0 Å². The number of hydrogen-bond donors (Lipinski definition) is 2. The fourth-order valence-corrected chi connectivity index (χ4v) is 1.61. The summed E-state index contributed by atoms with van der Waals surface area (Å²) in [5.41, 5.74) is 3.56. The van der Waals surface area contributed by atoms with E-state index in [1.807, 2.05) is 0 Å². The van der Waals surface area contributed by atoms with Crippen LogP contribution in [0.1, 0.15) is 10.4 Å². The maximum absolute atomic E-state index is 13.4. The molecule has 0 unspecified atom stereocenters. The van der Waals surface area contributed by atoms with Crippen LogP contribution in [0.4, 0.5) is 25.8 Å². The molecule has 2 rings (SSSR count). The summed E-state index contributed by atoms with van der Waals surface area (Å²) < 4.78 is 26.7. The van der Waals surface area contributed by atoms with E-state index in [4.69, 9.17) is 5.73 Å². The highest BCUT2D eigenvalue weighted by atomic mass is 19.1. The van der Waals surface area contributed by atoms with Gasteiger partial charge in [0.1, 0.15) is 11.5 Å². The Balaban J connectivity index is 2.40. The number of rotatable bonds is 3. The van der Waals surface area contributed by atoms with Crippen LogP contribution in [0.5, 0.6) is 0 Å². The first-order valence-corrected chi connectivity index (χ1v) is 5.54. The van der Waals surface area contributed by atoms with E-state index in [-0.39, 0.29) is 5.69 Å². The van der Waals surface area contributed by atoms with Crippen molar-refractivity contribution in [1.29, 1.82) is 0 Å². The quantitative estimate of drug-likeness (QED) is 0.511. The maximum Gasteiger partial charge on any atom is 0.295 e. The van der Waals surface area contributed by atoms with E-state index in [0.717, 1.165) is 12.3 Å². The number of nitrogens with two attached hydrogens (primary N) is 1. The van der Waals surface area contributed by atoms with Gasteiger partial charge in [-0.3, -0.25) is 19.9 Å². The van der Waals surface area contributed by atoms with Gasteiger partial charge < -0.3 is 11.1 Å². The van der Waals surface area contributed by atoms with Gasteiger partial charge in [-0.1, -0.05) is 0 Å². The van der Waals surface area contributed by atoms with Crippen LogP contribution in [-0.2, 0) is 0 Å². The second kappa shape index (κ2) is 5.49. The predicted octanol–water partition coefficient (Wildman–Crippen LogP) is 2.10. The number of amides is 1. The highest BCUT2D eigenvalue weighted by molar-refractivity contribution is 6.08. The molecule has 1 amide bonds. The number of aromatic nitrogens is 1. The summed E-state index contributed by atoms with van der Waals surface area (Å²) in [4.78, 5) is 25.2. The van der Waals surface area contributed by atoms with E-state index in [1.165, 1.54) is 12.3 Å². The molecule has 0 aliphatic rings. The fraction of sp³-hybridized carbons (Fsp3) is 0. The summed E-state index contributed by atoms with van der Waals surface area (Å²) in [6.07, 6.45) is 2.10. The zero-order valence-corrected chi connectivity index (χ0v) is 10.3. The molecule has 2 aromatic rings. The van der Waals surface area contributed by atoms with E-state index in [0.29, 0.717) is 6.07 Å². The Kier molecular flexibility index (Phi) is 3.74. The third-order valence-electron chi connectivity index (χ3n) is 2.58. The lowest BCUT2D eigenvalue weighted by molar-refractivity contribution is -0.384. The van der Waals surface area contributed by atoms with Crippen molar-refractivity contribution in [3.63, 3.8) is 0 Å². The van der Waals surface area contributed by atoms with Crippen LogP contribution >= 0.6 is 0 Å². The molecule has 9 heteroatoms. The van der Waals surface area contributed by atoms with Gasteiger partial charge in [-0.25, -0.2) is 8.78 Å². The number of benzene rings is 1. The molecule has 0 saturated heterocycles. The molecule has 0 bridgehead atoms. The largest absolute Gasteiger partial charge is 0.393 e. The monoisotopic (exact) mass is 294 g/mol. The summed E-state index contributed by atoms with van der Waals surface area (Å²) in [6.45, 7) is 0. The number of hydrogen-bond acceptors (Lipinski definition) is 5. The SMILES string of the molecule is Nc1c(C(=O)Nc2ccncc2F)cc(F)cc1[N+](=O)[O-]. The molecule has 21 heavy (non-hydrogen) atoms. The van der Waals surface area contributed by atoms with Gasteiger partial charge in [-0.2, -0.15) is 0 Å². The predicted molar refractivity (Wildman–Crippen MR) is 69.6 cm³/mol.